The van der Waals surface area contributed by atoms with Crippen LogP contribution in [0.2, 0.25) is 5.02 Å². The van der Waals surface area contributed by atoms with Crippen LogP contribution < -0.4 is 4.74 Å². The fourth-order valence-electron chi connectivity index (χ4n) is 2.86. The second kappa shape index (κ2) is 9.87. The number of carboxylic acid groups (broad SMARTS) is 1. The number of rotatable bonds is 9. The monoisotopic (exact) mass is 431 g/mol. The van der Waals surface area contributed by atoms with Crippen molar-refractivity contribution in [2.45, 2.75) is 33.0 Å². The lowest BCUT2D eigenvalue weighted by Crippen LogP contribution is -2.26. The van der Waals surface area contributed by atoms with Gasteiger partial charge < -0.3 is 14.6 Å². The number of aromatic nitrogens is 1. The molecule has 0 fully saturated rings. The number of carbonyl (C=O) groups is 1. The molecule has 0 spiro atoms. The van der Waals surface area contributed by atoms with Crippen LogP contribution in [-0.4, -0.2) is 28.8 Å². The van der Waals surface area contributed by atoms with E-state index in [1.165, 1.54) is 0 Å². The summed E-state index contributed by atoms with van der Waals surface area (Å²) in [5.74, 6) is -0.234. The summed E-state index contributed by atoms with van der Waals surface area (Å²) in [6.07, 6.45) is -0.516. The fourth-order valence-corrected chi connectivity index (χ4v) is 3.80. The van der Waals surface area contributed by atoms with Gasteiger partial charge in [0.25, 0.3) is 0 Å². The van der Waals surface area contributed by atoms with Crippen LogP contribution >= 0.6 is 22.9 Å². The predicted molar refractivity (Wildman–Crippen MR) is 115 cm³/mol. The van der Waals surface area contributed by atoms with E-state index in [2.05, 4.69) is 4.98 Å². The minimum Gasteiger partial charge on any atom is -0.487 e. The van der Waals surface area contributed by atoms with Gasteiger partial charge in [0.2, 0.25) is 0 Å². The number of thiazole rings is 1. The number of hydrogen-bond donors (Lipinski definition) is 1. The van der Waals surface area contributed by atoms with Crippen molar-refractivity contribution in [2.24, 2.45) is 0 Å². The van der Waals surface area contributed by atoms with E-state index < -0.39 is 12.1 Å². The Labute approximate surface area is 178 Å². The van der Waals surface area contributed by atoms with E-state index in [9.17, 15) is 9.90 Å². The molecule has 3 rings (SSSR count). The highest BCUT2D eigenvalue weighted by atomic mass is 35.5. The van der Waals surface area contributed by atoms with E-state index in [1.807, 2.05) is 54.8 Å². The number of ether oxygens (including phenoxy) is 2. The van der Waals surface area contributed by atoms with Crippen LogP contribution in [0.25, 0.3) is 10.6 Å². The Morgan fingerprint density at radius 2 is 2.00 bits per heavy atom. The van der Waals surface area contributed by atoms with Crippen molar-refractivity contribution in [1.82, 2.24) is 4.98 Å². The van der Waals surface area contributed by atoms with Gasteiger partial charge in [0.1, 0.15) is 17.4 Å². The normalized spacial score (nSPS) is 12.0. The van der Waals surface area contributed by atoms with Crippen LogP contribution in [0.15, 0.2) is 47.8 Å². The van der Waals surface area contributed by atoms with Crippen LogP contribution in [0.5, 0.6) is 5.75 Å². The van der Waals surface area contributed by atoms with Crippen molar-refractivity contribution in [3.63, 3.8) is 0 Å². The third-order valence-electron chi connectivity index (χ3n) is 4.39. The molecule has 0 bridgehead atoms. The summed E-state index contributed by atoms with van der Waals surface area (Å²) >= 11 is 7.49. The summed E-state index contributed by atoms with van der Waals surface area (Å²) in [4.78, 5) is 15.9. The van der Waals surface area contributed by atoms with Crippen molar-refractivity contribution in [1.29, 1.82) is 0 Å². The van der Waals surface area contributed by atoms with Crippen molar-refractivity contribution < 1.29 is 19.4 Å². The zero-order chi connectivity index (χ0) is 20.8. The molecule has 0 aliphatic rings. The zero-order valence-corrected chi connectivity index (χ0v) is 17.8. The van der Waals surface area contributed by atoms with Crippen LogP contribution in [0.1, 0.15) is 23.7 Å². The molecule has 0 saturated heterocycles. The van der Waals surface area contributed by atoms with E-state index in [-0.39, 0.29) is 0 Å². The Bertz CT molecular complexity index is 971. The number of aliphatic carboxylic acids is 1. The van der Waals surface area contributed by atoms with Crippen LogP contribution in [0, 0.1) is 6.92 Å². The van der Waals surface area contributed by atoms with Crippen molar-refractivity contribution >= 4 is 28.9 Å². The first-order valence-corrected chi connectivity index (χ1v) is 10.5. The minimum atomic E-state index is -0.952. The fraction of sp³-hybridized carbons (Fsp3) is 0.273. The average molecular weight is 432 g/mol. The molecule has 3 aromatic rings. The van der Waals surface area contributed by atoms with E-state index in [1.54, 1.807) is 18.3 Å². The first kappa shape index (κ1) is 21.3. The highest BCUT2D eigenvalue weighted by molar-refractivity contribution is 7.13. The Balaban J connectivity index is 1.62. The largest absolute Gasteiger partial charge is 0.487 e. The third-order valence-corrected chi connectivity index (χ3v) is 5.58. The Morgan fingerprint density at radius 1 is 1.24 bits per heavy atom. The van der Waals surface area contributed by atoms with E-state index in [0.29, 0.717) is 24.7 Å². The molecule has 0 saturated carbocycles. The molecule has 1 heterocycles. The molecule has 1 N–H and O–H groups in total. The predicted octanol–water partition coefficient (Wildman–Crippen LogP) is 5.38. The number of aryl methyl sites for hydroxylation is 1. The van der Waals surface area contributed by atoms with E-state index in [4.69, 9.17) is 21.1 Å². The molecule has 0 unspecified atom stereocenters. The number of halogens is 1. The van der Waals surface area contributed by atoms with Gasteiger partial charge in [-0.15, -0.1) is 11.3 Å². The minimum absolute atomic E-state index is 0.325. The maximum atomic E-state index is 11.3. The summed E-state index contributed by atoms with van der Waals surface area (Å²) in [5.41, 5.74) is 3.77. The third kappa shape index (κ3) is 5.79. The van der Waals surface area contributed by atoms with Gasteiger partial charge in [0.15, 0.2) is 6.10 Å². The van der Waals surface area contributed by atoms with Gasteiger partial charge in [0.05, 0.1) is 5.69 Å². The molecule has 0 aliphatic heterocycles. The summed E-state index contributed by atoms with van der Waals surface area (Å²) in [5, 5.41) is 12.9. The molecule has 0 aliphatic carbocycles. The second-order valence-electron chi connectivity index (χ2n) is 6.51. The lowest BCUT2D eigenvalue weighted by atomic mass is 10.0. The lowest BCUT2D eigenvalue weighted by molar-refractivity contribution is -0.149. The number of nitrogens with zero attached hydrogens (tertiary/aromatic N) is 1. The molecule has 1 atom stereocenters. The number of benzene rings is 2. The molecule has 152 valence electrons. The van der Waals surface area contributed by atoms with Gasteiger partial charge in [0, 0.05) is 29.0 Å². The Kier molecular flexibility index (Phi) is 7.25. The highest BCUT2D eigenvalue weighted by Crippen LogP contribution is 2.26. The second-order valence-corrected chi connectivity index (χ2v) is 7.81. The molecule has 29 heavy (non-hydrogen) atoms. The maximum absolute atomic E-state index is 11.3. The van der Waals surface area contributed by atoms with Gasteiger partial charge in [-0.2, -0.15) is 0 Å². The quantitative estimate of drug-likeness (QED) is 0.492. The summed E-state index contributed by atoms with van der Waals surface area (Å²) in [6.45, 7) is 4.45. The standard InChI is InChI=1S/C22H22ClNO4S/c1-3-27-20(22(25)26)11-16-6-9-19(10-14(16)2)28-12-18-13-29-21(24-18)15-4-7-17(23)8-5-15/h4-10,13,20H,3,11-12H2,1-2H3,(H,25,26)/t20-/m0/s1. The Hall–Kier alpha value is -2.41. The number of hydrogen-bond acceptors (Lipinski definition) is 5. The summed E-state index contributed by atoms with van der Waals surface area (Å²) in [6, 6.07) is 13.2. The molecule has 0 radical (unpaired) electrons. The number of carboxylic acids is 1. The van der Waals surface area contributed by atoms with E-state index in [0.717, 1.165) is 33.1 Å². The molecule has 0 amide bonds. The topological polar surface area (TPSA) is 68.7 Å². The van der Waals surface area contributed by atoms with E-state index >= 15 is 0 Å². The molecular formula is C22H22ClNO4S. The molecule has 7 heteroatoms. The maximum Gasteiger partial charge on any atom is 0.333 e. The summed E-state index contributed by atoms with van der Waals surface area (Å²) in [7, 11) is 0. The van der Waals surface area contributed by atoms with Gasteiger partial charge in [-0.1, -0.05) is 29.8 Å². The lowest BCUT2D eigenvalue weighted by Gasteiger charge is -2.15. The average Bonchev–Trinajstić information content (AvgIpc) is 3.17. The first-order chi connectivity index (χ1) is 14.0. The van der Waals surface area contributed by atoms with Crippen LogP contribution in [0.3, 0.4) is 0 Å². The first-order valence-electron chi connectivity index (χ1n) is 9.23. The van der Waals surface area contributed by atoms with Crippen molar-refractivity contribution in [3.8, 4) is 16.3 Å². The van der Waals surface area contributed by atoms with Crippen molar-refractivity contribution in [3.05, 3.63) is 69.7 Å². The van der Waals surface area contributed by atoms with Crippen molar-refractivity contribution in [2.75, 3.05) is 6.61 Å². The molecule has 1 aromatic heterocycles. The molecule has 5 nitrogen and oxygen atoms in total. The van der Waals surface area contributed by atoms with Gasteiger partial charge >= 0.3 is 5.97 Å². The van der Waals surface area contributed by atoms with Gasteiger partial charge in [-0.25, -0.2) is 9.78 Å². The van der Waals surface area contributed by atoms with Gasteiger partial charge in [-0.05, 0) is 49.2 Å². The SMILES string of the molecule is CCO[C@@H](Cc1ccc(OCc2csc(-c3ccc(Cl)cc3)n2)cc1C)C(=O)O. The zero-order valence-electron chi connectivity index (χ0n) is 16.2. The molecular weight excluding hydrogens is 410 g/mol. The Morgan fingerprint density at radius 3 is 2.66 bits per heavy atom. The smallest absolute Gasteiger partial charge is 0.333 e. The highest BCUT2D eigenvalue weighted by Gasteiger charge is 2.19. The summed E-state index contributed by atoms with van der Waals surface area (Å²) < 4.78 is 11.2. The molecule has 2 aromatic carbocycles. The van der Waals surface area contributed by atoms with Gasteiger partial charge in [-0.3, -0.25) is 0 Å². The van der Waals surface area contributed by atoms with Crippen LogP contribution in [0.4, 0.5) is 0 Å². The van der Waals surface area contributed by atoms with Crippen LogP contribution in [-0.2, 0) is 22.6 Å².